The number of rotatable bonds is 3. The number of amides is 1. The lowest BCUT2D eigenvalue weighted by molar-refractivity contribution is 0.0710. The second kappa shape index (κ2) is 8.54. The second-order valence-corrected chi connectivity index (χ2v) is 9.58. The van der Waals surface area contributed by atoms with E-state index in [4.69, 9.17) is 22.4 Å². The Hall–Kier alpha value is -2.94. The van der Waals surface area contributed by atoms with Gasteiger partial charge in [0.25, 0.3) is 5.91 Å². The Labute approximate surface area is 192 Å². The summed E-state index contributed by atoms with van der Waals surface area (Å²) < 4.78 is 20.2. The van der Waals surface area contributed by atoms with Crippen LogP contribution in [0.15, 0.2) is 33.8 Å². The van der Waals surface area contributed by atoms with Crippen molar-refractivity contribution in [2.75, 3.05) is 31.1 Å². The molecule has 32 heavy (non-hydrogen) atoms. The van der Waals surface area contributed by atoms with Gasteiger partial charge < -0.3 is 20.0 Å². The van der Waals surface area contributed by atoms with Gasteiger partial charge >= 0.3 is 0 Å². The molecule has 0 bridgehead atoms. The number of benzene rings is 1. The fourth-order valence-electron chi connectivity index (χ4n) is 4.54. The number of piperazine rings is 1. The van der Waals surface area contributed by atoms with Crippen molar-refractivity contribution in [3.05, 3.63) is 52.7 Å². The monoisotopic (exact) mass is 457 g/mol. The molecule has 1 aliphatic heterocycles. The maximum absolute atomic E-state index is 14.1. The van der Waals surface area contributed by atoms with E-state index >= 15 is 0 Å². The Balaban J connectivity index is 1.55. The first-order valence-electron chi connectivity index (χ1n) is 10.7. The predicted molar refractivity (Wildman–Crippen MR) is 127 cm³/mol. The van der Waals surface area contributed by atoms with Gasteiger partial charge in [0.15, 0.2) is 10.9 Å². The molecule has 1 fully saturated rings. The van der Waals surface area contributed by atoms with Crippen molar-refractivity contribution in [2.24, 2.45) is 16.3 Å². The zero-order chi connectivity index (χ0) is 23.0. The molecule has 0 radical (unpaired) electrons. The van der Waals surface area contributed by atoms with Gasteiger partial charge in [0.05, 0.1) is 11.4 Å². The first kappa shape index (κ1) is 22.3. The highest BCUT2D eigenvalue weighted by atomic mass is 32.1. The molecule has 0 atom stereocenters. The topological polar surface area (TPSA) is 87.1 Å². The Bertz CT molecular complexity index is 1090. The number of para-hydroxylation sites is 1. The first-order valence-corrected chi connectivity index (χ1v) is 11.1. The number of nitrogens with zero attached hydrogens (tertiary/aromatic N) is 3. The minimum absolute atomic E-state index is 0.0697. The number of anilines is 1. The van der Waals surface area contributed by atoms with Crippen LogP contribution in [0.5, 0.6) is 0 Å². The number of hydrogen-bond donors (Lipinski definition) is 2. The molecule has 2 aliphatic rings. The van der Waals surface area contributed by atoms with Crippen LogP contribution in [0.3, 0.4) is 0 Å². The van der Waals surface area contributed by atoms with Crippen LogP contribution in [0, 0.1) is 18.2 Å². The second-order valence-electron chi connectivity index (χ2n) is 9.14. The number of thiocarbonyl (C=S) groups is 1. The number of hydrazone groups is 1. The zero-order valence-corrected chi connectivity index (χ0v) is 19.4. The van der Waals surface area contributed by atoms with E-state index < -0.39 is 0 Å². The van der Waals surface area contributed by atoms with Gasteiger partial charge in [-0.25, -0.2) is 4.39 Å². The number of fused-ring (bicyclic) bond motifs is 1. The highest BCUT2D eigenvalue weighted by Gasteiger charge is 2.37. The summed E-state index contributed by atoms with van der Waals surface area (Å²) in [6.45, 7) is 8.26. The number of carbonyl (C=O) groups is 1. The molecule has 1 aromatic heterocycles. The number of furan rings is 1. The summed E-state index contributed by atoms with van der Waals surface area (Å²) in [6.07, 6.45) is 1.43. The average Bonchev–Trinajstić information content (AvgIpc) is 3.07. The third kappa shape index (κ3) is 4.34. The van der Waals surface area contributed by atoms with Crippen molar-refractivity contribution in [2.45, 2.75) is 33.6 Å². The fraction of sp³-hybridized carbons (Fsp3) is 0.435. The molecule has 1 saturated heterocycles. The van der Waals surface area contributed by atoms with E-state index in [0.717, 1.165) is 22.6 Å². The number of hydrogen-bond acceptors (Lipinski definition) is 5. The highest BCUT2D eigenvalue weighted by Crippen LogP contribution is 2.39. The largest absolute Gasteiger partial charge is 0.455 e. The van der Waals surface area contributed by atoms with Gasteiger partial charge in [-0.05, 0) is 43.1 Å². The zero-order valence-electron chi connectivity index (χ0n) is 18.6. The van der Waals surface area contributed by atoms with Crippen LogP contribution < -0.4 is 16.1 Å². The summed E-state index contributed by atoms with van der Waals surface area (Å²) in [5.41, 5.74) is 11.1. The van der Waals surface area contributed by atoms with Crippen LogP contribution in [0.4, 0.5) is 10.1 Å². The van der Waals surface area contributed by atoms with Gasteiger partial charge in [-0.3, -0.25) is 10.2 Å². The fourth-order valence-corrected chi connectivity index (χ4v) is 4.58. The Morgan fingerprint density at radius 2 is 1.91 bits per heavy atom. The smallest absolute Gasteiger partial charge is 0.289 e. The van der Waals surface area contributed by atoms with Crippen LogP contribution in [-0.4, -0.2) is 47.8 Å². The summed E-state index contributed by atoms with van der Waals surface area (Å²) in [4.78, 5) is 17.1. The summed E-state index contributed by atoms with van der Waals surface area (Å²) in [5, 5.41) is 4.48. The van der Waals surface area contributed by atoms with Crippen LogP contribution in [0.1, 0.15) is 47.7 Å². The molecular formula is C23H28FN5O2S. The Morgan fingerprint density at radius 1 is 1.22 bits per heavy atom. The maximum atomic E-state index is 14.1. The molecule has 7 nitrogen and oxygen atoms in total. The van der Waals surface area contributed by atoms with E-state index in [1.54, 1.807) is 17.0 Å². The standard InChI is InChI=1S/C23H28FN5O2S/c1-14-19-16(26-27-22(25)32)12-23(2,3)13-18(19)31-20(14)21(30)29-10-8-28(9-11-29)17-7-5-4-6-15(17)24/h4-7H,8-13H2,1-3H3,(H3,25,27,32)/b26-16-. The van der Waals surface area contributed by atoms with Crippen LogP contribution >= 0.6 is 12.2 Å². The minimum atomic E-state index is -0.248. The molecule has 3 N–H and O–H groups in total. The SMILES string of the molecule is Cc1c(C(=O)N2CCN(c3ccccc3F)CC2)oc2c1/C(=N\NC(N)=S)CC(C)(C)C2. The van der Waals surface area contributed by atoms with E-state index in [1.807, 2.05) is 17.9 Å². The lowest BCUT2D eigenvalue weighted by Gasteiger charge is -2.35. The number of carbonyl (C=O) groups excluding carboxylic acids is 1. The van der Waals surface area contributed by atoms with Gasteiger partial charge in [0, 0.05) is 43.7 Å². The molecular weight excluding hydrogens is 429 g/mol. The number of nitrogens with two attached hydrogens (primary N) is 1. The van der Waals surface area contributed by atoms with E-state index in [2.05, 4.69) is 24.4 Å². The first-order chi connectivity index (χ1) is 15.2. The van der Waals surface area contributed by atoms with Crippen molar-refractivity contribution in [3.8, 4) is 0 Å². The molecule has 0 saturated carbocycles. The highest BCUT2D eigenvalue weighted by molar-refractivity contribution is 7.80. The molecule has 0 spiro atoms. The predicted octanol–water partition coefficient (Wildman–Crippen LogP) is 3.20. The normalized spacial score (nSPS) is 19.1. The molecule has 1 aromatic carbocycles. The number of halogens is 1. The quantitative estimate of drug-likeness (QED) is 0.544. The third-order valence-corrected chi connectivity index (χ3v) is 6.14. The van der Waals surface area contributed by atoms with Crippen molar-refractivity contribution < 1.29 is 13.6 Å². The minimum Gasteiger partial charge on any atom is -0.455 e. The molecule has 9 heteroatoms. The lowest BCUT2D eigenvalue weighted by atomic mass is 9.75. The van der Waals surface area contributed by atoms with E-state index in [0.29, 0.717) is 50.5 Å². The molecule has 1 amide bonds. The molecule has 2 heterocycles. The average molecular weight is 458 g/mol. The van der Waals surface area contributed by atoms with Gasteiger partial charge in [0.2, 0.25) is 0 Å². The van der Waals surface area contributed by atoms with Crippen LogP contribution in [0.2, 0.25) is 0 Å². The molecule has 0 unspecified atom stereocenters. The Morgan fingerprint density at radius 3 is 2.56 bits per heavy atom. The molecule has 170 valence electrons. The van der Waals surface area contributed by atoms with E-state index in [-0.39, 0.29) is 22.3 Å². The number of nitrogens with one attached hydrogen (secondary N) is 1. The van der Waals surface area contributed by atoms with Crippen LogP contribution in [0.25, 0.3) is 0 Å². The van der Waals surface area contributed by atoms with Gasteiger partial charge in [-0.2, -0.15) is 5.10 Å². The molecule has 1 aliphatic carbocycles. The third-order valence-electron chi connectivity index (χ3n) is 6.05. The van der Waals surface area contributed by atoms with Crippen molar-refractivity contribution in [1.29, 1.82) is 0 Å². The molecule has 2 aromatic rings. The van der Waals surface area contributed by atoms with E-state index in [9.17, 15) is 9.18 Å². The summed E-state index contributed by atoms with van der Waals surface area (Å²) in [7, 11) is 0. The summed E-state index contributed by atoms with van der Waals surface area (Å²) >= 11 is 4.89. The van der Waals surface area contributed by atoms with Crippen molar-refractivity contribution in [3.63, 3.8) is 0 Å². The van der Waals surface area contributed by atoms with Gasteiger partial charge in [-0.15, -0.1) is 0 Å². The van der Waals surface area contributed by atoms with Crippen LogP contribution in [-0.2, 0) is 6.42 Å². The van der Waals surface area contributed by atoms with Gasteiger partial charge in [-0.1, -0.05) is 26.0 Å². The van der Waals surface area contributed by atoms with Crippen molar-refractivity contribution >= 4 is 34.6 Å². The maximum Gasteiger partial charge on any atom is 0.289 e. The molecule has 4 rings (SSSR count). The summed E-state index contributed by atoms with van der Waals surface area (Å²) in [6, 6.07) is 6.71. The lowest BCUT2D eigenvalue weighted by Crippen LogP contribution is -2.49. The van der Waals surface area contributed by atoms with Crippen molar-refractivity contribution in [1.82, 2.24) is 10.3 Å². The Kier molecular flexibility index (Phi) is 5.94. The summed E-state index contributed by atoms with van der Waals surface area (Å²) in [5.74, 6) is 0.706. The van der Waals surface area contributed by atoms with E-state index in [1.165, 1.54) is 6.07 Å². The van der Waals surface area contributed by atoms with Gasteiger partial charge in [0.1, 0.15) is 11.6 Å².